The quantitative estimate of drug-likeness (QED) is 0.0431. The first-order valence-corrected chi connectivity index (χ1v) is 21.8. The van der Waals surface area contributed by atoms with Gasteiger partial charge in [-0.05, 0) is 103 Å². The van der Waals surface area contributed by atoms with Crippen LogP contribution in [0.3, 0.4) is 0 Å². The minimum absolute atomic E-state index is 0.144. The summed E-state index contributed by atoms with van der Waals surface area (Å²) in [6, 6.07) is 0. The van der Waals surface area contributed by atoms with Gasteiger partial charge in [-0.2, -0.15) is 0 Å². The van der Waals surface area contributed by atoms with Crippen molar-refractivity contribution in [2.24, 2.45) is 10.8 Å². The molecule has 0 aromatic carbocycles. The van der Waals surface area contributed by atoms with Crippen molar-refractivity contribution in [3.8, 4) is 0 Å². The van der Waals surface area contributed by atoms with Crippen LogP contribution in [0, 0.1) is 10.8 Å². The van der Waals surface area contributed by atoms with E-state index in [1.54, 1.807) is 70.9 Å². The van der Waals surface area contributed by atoms with Crippen LogP contribution in [0.15, 0.2) is 0 Å². The molecule has 0 saturated carbocycles. The molecular weight excluding hydrogens is 800 g/mol. The Morgan fingerprint density at radius 2 is 0.913 bits per heavy atom. The first kappa shape index (κ1) is 48.4. The van der Waals surface area contributed by atoms with Crippen molar-refractivity contribution in [1.82, 2.24) is 0 Å². The van der Waals surface area contributed by atoms with Gasteiger partial charge in [-0.3, -0.25) is 19.2 Å². The molecule has 0 N–H and O–H groups in total. The second-order valence-corrected chi connectivity index (χ2v) is 23.7. The third kappa shape index (κ3) is 24.4. The van der Waals surface area contributed by atoms with Crippen LogP contribution in [0.25, 0.3) is 0 Å². The summed E-state index contributed by atoms with van der Waals surface area (Å²) in [5.41, 5.74) is -1.94. The highest BCUT2D eigenvalue weighted by Gasteiger charge is 2.36. The van der Waals surface area contributed by atoms with Crippen LogP contribution < -0.4 is 0 Å². The number of ether oxygens (including phenoxy) is 4. The number of halogens is 2. The van der Waals surface area contributed by atoms with Crippen LogP contribution in [0.4, 0.5) is 0 Å². The Kier molecular flexibility index (Phi) is 22.6. The van der Waals surface area contributed by atoms with Crippen molar-refractivity contribution >= 4 is 98.9 Å². The van der Waals surface area contributed by atoms with Crippen LogP contribution in [0.1, 0.15) is 110 Å². The zero-order chi connectivity index (χ0) is 36.6. The summed E-state index contributed by atoms with van der Waals surface area (Å²) in [5.74, 6) is 2.08. The van der Waals surface area contributed by atoms with Gasteiger partial charge < -0.3 is 18.9 Å². The molecule has 0 bridgehead atoms. The molecule has 46 heavy (non-hydrogen) atoms. The Hall–Kier alpha value is 0.240. The van der Waals surface area contributed by atoms with Crippen LogP contribution in [-0.2, 0) is 38.1 Å². The van der Waals surface area contributed by atoms with E-state index >= 15 is 0 Å². The minimum atomic E-state index is -0.637. The number of hydrogen-bond donors (Lipinski definition) is 0. The summed E-state index contributed by atoms with van der Waals surface area (Å²) in [6.45, 7) is 26.9. The maximum atomic E-state index is 12.5. The topological polar surface area (TPSA) is 105 Å². The Balaban J connectivity index is 0. The van der Waals surface area contributed by atoms with Gasteiger partial charge in [0.15, 0.2) is 0 Å². The third-order valence-electron chi connectivity index (χ3n) is 5.75. The van der Waals surface area contributed by atoms with Gasteiger partial charge in [0, 0.05) is 23.0 Å². The van der Waals surface area contributed by atoms with E-state index in [-0.39, 0.29) is 23.9 Å². The highest BCUT2D eigenvalue weighted by Crippen LogP contribution is 2.37. The van der Waals surface area contributed by atoms with Gasteiger partial charge in [-0.1, -0.05) is 82.0 Å². The molecule has 1 unspecified atom stereocenters. The lowest BCUT2D eigenvalue weighted by Crippen LogP contribution is -2.37. The number of carbonyl (C=O) groups excluding carboxylic acids is 4. The lowest BCUT2D eigenvalue weighted by atomic mass is 9.90. The molecule has 0 aromatic rings. The van der Waals surface area contributed by atoms with Gasteiger partial charge in [-0.25, -0.2) is 0 Å². The highest BCUT2D eigenvalue weighted by molar-refractivity contribution is 9.10. The molecule has 8 nitrogen and oxygen atoms in total. The smallest absolute Gasteiger partial charge is 0.322 e. The molecule has 0 aliphatic heterocycles. The Morgan fingerprint density at radius 1 is 0.543 bits per heavy atom. The van der Waals surface area contributed by atoms with Gasteiger partial charge in [0.05, 0.1) is 10.8 Å². The lowest BCUT2D eigenvalue weighted by molar-refractivity contribution is -0.166. The summed E-state index contributed by atoms with van der Waals surface area (Å²) >= 11 is 6.48. The second-order valence-electron chi connectivity index (χ2n) is 14.5. The summed E-state index contributed by atoms with van der Waals surface area (Å²) < 4.78 is 19.9. The molecule has 0 spiro atoms. The molecule has 272 valence electrons. The molecule has 0 aliphatic rings. The van der Waals surface area contributed by atoms with Gasteiger partial charge >= 0.3 is 23.9 Å². The fourth-order valence-corrected chi connectivity index (χ4v) is 7.44. The van der Waals surface area contributed by atoms with E-state index in [1.165, 1.54) is 0 Å². The van der Waals surface area contributed by atoms with E-state index in [9.17, 15) is 19.2 Å². The highest BCUT2D eigenvalue weighted by atomic mass is 79.9. The van der Waals surface area contributed by atoms with E-state index in [4.69, 9.17) is 18.9 Å². The van der Waals surface area contributed by atoms with E-state index in [1.807, 2.05) is 69.2 Å². The average Bonchev–Trinajstić information content (AvgIpc) is 2.86. The first-order chi connectivity index (χ1) is 20.6. The number of esters is 4. The SMILES string of the molecule is CC(C)(Br)C(=O)OCCSSCCOC(=O)C(C)(C)Br.CCC(C)(CSSCCC(C)(C)C(=O)OC(C)(C)C)C(=O)OC(C)(C)C. The molecule has 0 rings (SSSR count). The standard InChI is InChI=1S/C20H38O4S2.C12H20Br2O4S2/c1-11-20(10,16(22)24-18(5,6)7)14-26-25-13-12-19(8,9)15(21)23-17(2,3)4;1-11(2,13)9(15)17-5-7-19-20-8-6-18-10(16)12(3,4)14/h11-14H2,1-10H3;5-8H2,1-4H3. The zero-order valence-corrected chi connectivity index (χ0v) is 36.7. The van der Waals surface area contributed by atoms with E-state index in [0.717, 1.165) is 18.6 Å². The number of alkyl halides is 2. The van der Waals surface area contributed by atoms with Crippen molar-refractivity contribution in [3.05, 3.63) is 0 Å². The molecule has 0 fully saturated rings. The summed E-state index contributed by atoms with van der Waals surface area (Å²) in [4.78, 5) is 47.6. The van der Waals surface area contributed by atoms with Crippen LogP contribution >= 0.6 is 75.0 Å². The summed E-state index contributed by atoms with van der Waals surface area (Å²) in [7, 11) is 6.53. The number of rotatable bonds is 18. The molecule has 0 amide bonds. The molecule has 1 atom stereocenters. The molecule has 0 saturated heterocycles. The van der Waals surface area contributed by atoms with Crippen LogP contribution in [-0.4, -0.2) is 80.0 Å². The third-order valence-corrected chi connectivity index (χ3v) is 11.4. The Labute approximate surface area is 311 Å². The maximum absolute atomic E-state index is 12.5. The summed E-state index contributed by atoms with van der Waals surface area (Å²) in [5, 5.41) is 0. The zero-order valence-electron chi connectivity index (χ0n) is 30.3. The molecule has 0 radical (unpaired) electrons. The Morgan fingerprint density at radius 3 is 1.26 bits per heavy atom. The van der Waals surface area contributed by atoms with Crippen molar-refractivity contribution in [1.29, 1.82) is 0 Å². The van der Waals surface area contributed by atoms with Gasteiger partial charge in [0.2, 0.25) is 0 Å². The molecule has 14 heteroatoms. The summed E-state index contributed by atoms with van der Waals surface area (Å²) in [6.07, 6.45) is 1.47. The average molecular weight is 859 g/mol. The maximum Gasteiger partial charge on any atom is 0.322 e. The molecule has 0 aromatic heterocycles. The number of carbonyl (C=O) groups is 4. The molecule has 0 heterocycles. The largest absolute Gasteiger partial charge is 0.464 e. The predicted octanol–water partition coefficient (Wildman–Crippen LogP) is 9.69. The molecule has 0 aliphatic carbocycles. The van der Waals surface area contributed by atoms with E-state index < -0.39 is 30.7 Å². The van der Waals surface area contributed by atoms with Crippen molar-refractivity contribution in [2.45, 2.75) is 130 Å². The Bertz CT molecular complexity index is 920. The second kappa shape index (κ2) is 21.5. The van der Waals surface area contributed by atoms with E-state index in [2.05, 4.69) is 31.9 Å². The van der Waals surface area contributed by atoms with Crippen molar-refractivity contribution in [2.75, 3.05) is 36.2 Å². The first-order valence-electron chi connectivity index (χ1n) is 15.3. The van der Waals surface area contributed by atoms with Gasteiger partial charge in [-0.15, -0.1) is 0 Å². The molecular formula is C32H58Br2O8S4. The minimum Gasteiger partial charge on any atom is -0.464 e. The fourth-order valence-electron chi connectivity index (χ4n) is 2.55. The van der Waals surface area contributed by atoms with Gasteiger partial charge in [0.1, 0.15) is 33.1 Å². The van der Waals surface area contributed by atoms with Crippen molar-refractivity contribution in [3.63, 3.8) is 0 Å². The normalized spacial score (nSPS) is 13.9. The van der Waals surface area contributed by atoms with Crippen molar-refractivity contribution < 1.29 is 38.1 Å². The van der Waals surface area contributed by atoms with Gasteiger partial charge in [0.25, 0.3) is 0 Å². The number of hydrogen-bond acceptors (Lipinski definition) is 12. The van der Waals surface area contributed by atoms with E-state index in [0.29, 0.717) is 30.5 Å². The monoisotopic (exact) mass is 856 g/mol. The lowest BCUT2D eigenvalue weighted by Gasteiger charge is -2.30. The van der Waals surface area contributed by atoms with Crippen LogP contribution in [0.5, 0.6) is 0 Å². The predicted molar refractivity (Wildman–Crippen MR) is 206 cm³/mol. The fraction of sp³-hybridized carbons (Fsp3) is 0.875. The van der Waals surface area contributed by atoms with Crippen LogP contribution in [0.2, 0.25) is 0 Å².